The summed E-state index contributed by atoms with van der Waals surface area (Å²) in [6.45, 7) is 10.1. The Balaban J connectivity index is 1.70. The topological polar surface area (TPSA) is 59.1 Å². The molecule has 2 aromatic carbocycles. The van der Waals surface area contributed by atoms with Crippen molar-refractivity contribution in [2.45, 2.75) is 52.9 Å². The fraction of sp³-hybridized carbons (Fsp3) is 0.407. The zero-order chi connectivity index (χ0) is 23.5. The zero-order valence-electron chi connectivity index (χ0n) is 19.8. The number of morpholine rings is 1. The van der Waals surface area contributed by atoms with Gasteiger partial charge in [0.15, 0.2) is 0 Å². The summed E-state index contributed by atoms with van der Waals surface area (Å²) in [6.07, 6.45) is 0.869. The Morgan fingerprint density at radius 2 is 1.58 bits per heavy atom. The Morgan fingerprint density at radius 1 is 0.939 bits per heavy atom. The molecule has 2 heterocycles. The lowest BCUT2D eigenvalue weighted by molar-refractivity contribution is -0.139. The van der Waals surface area contributed by atoms with Gasteiger partial charge < -0.3 is 14.4 Å². The number of carbonyl (C=O) groups excluding carboxylic acids is 2. The van der Waals surface area contributed by atoms with Gasteiger partial charge in [-0.3, -0.25) is 14.5 Å². The maximum absolute atomic E-state index is 13.6. The van der Waals surface area contributed by atoms with E-state index in [0.717, 1.165) is 28.9 Å². The lowest BCUT2D eigenvalue weighted by atomic mass is 10.0. The lowest BCUT2D eigenvalue weighted by Gasteiger charge is -2.37. The van der Waals surface area contributed by atoms with Gasteiger partial charge in [0.25, 0.3) is 11.8 Å². The largest absolute Gasteiger partial charge is 0.494 e. The van der Waals surface area contributed by atoms with Gasteiger partial charge in [-0.05, 0) is 50.5 Å². The second-order valence-corrected chi connectivity index (χ2v) is 8.94. The van der Waals surface area contributed by atoms with Gasteiger partial charge in [0.05, 0.1) is 30.9 Å². The number of ether oxygens (including phenoxy) is 2. The van der Waals surface area contributed by atoms with Crippen molar-refractivity contribution < 1.29 is 19.1 Å². The Morgan fingerprint density at radius 3 is 2.18 bits per heavy atom. The Bertz CT molecular complexity index is 1030. The highest BCUT2D eigenvalue weighted by Crippen LogP contribution is 2.34. The van der Waals surface area contributed by atoms with E-state index in [4.69, 9.17) is 9.47 Å². The minimum atomic E-state index is -0.260. The Hall–Kier alpha value is -3.12. The van der Waals surface area contributed by atoms with Gasteiger partial charge in [-0.2, -0.15) is 0 Å². The van der Waals surface area contributed by atoms with Crippen LogP contribution in [-0.4, -0.2) is 53.5 Å². The van der Waals surface area contributed by atoms with Crippen molar-refractivity contribution in [3.63, 3.8) is 0 Å². The van der Waals surface area contributed by atoms with E-state index in [1.54, 1.807) is 0 Å². The number of hydrogen-bond donors (Lipinski definition) is 0. The predicted octanol–water partition coefficient (Wildman–Crippen LogP) is 4.17. The quantitative estimate of drug-likeness (QED) is 0.595. The first-order chi connectivity index (χ1) is 15.9. The number of benzene rings is 2. The first-order valence-electron chi connectivity index (χ1n) is 11.7. The molecule has 4 rings (SSSR count). The van der Waals surface area contributed by atoms with E-state index in [0.29, 0.717) is 31.0 Å². The second kappa shape index (κ2) is 9.79. The van der Waals surface area contributed by atoms with Crippen LogP contribution in [0.25, 0.3) is 5.57 Å². The second-order valence-electron chi connectivity index (χ2n) is 8.94. The summed E-state index contributed by atoms with van der Waals surface area (Å²) in [5.74, 6) is 0.248. The van der Waals surface area contributed by atoms with Crippen LogP contribution in [0.3, 0.4) is 0 Å². The van der Waals surface area contributed by atoms with Crippen molar-refractivity contribution in [3.8, 4) is 5.75 Å². The standard InChI is InChI=1S/C27H32N2O4/c1-5-14-32-23-12-10-22(11-13-23)24-25(28-15-19(3)33-20(4)16-28)27(31)29(26(24)30)17-21-8-6-18(2)7-9-21/h6-13,19-20H,5,14-17H2,1-4H3. The minimum absolute atomic E-state index is 0.0265. The molecule has 6 heteroatoms. The number of carbonyl (C=O) groups is 2. The summed E-state index contributed by atoms with van der Waals surface area (Å²) >= 11 is 0. The third-order valence-corrected chi connectivity index (χ3v) is 5.96. The summed E-state index contributed by atoms with van der Waals surface area (Å²) in [5.41, 5.74) is 3.71. The average molecular weight is 449 g/mol. The van der Waals surface area contributed by atoms with E-state index < -0.39 is 0 Å². The van der Waals surface area contributed by atoms with Gasteiger partial charge >= 0.3 is 0 Å². The van der Waals surface area contributed by atoms with Crippen LogP contribution in [0.5, 0.6) is 5.75 Å². The van der Waals surface area contributed by atoms with Crippen molar-refractivity contribution >= 4 is 17.4 Å². The molecule has 174 valence electrons. The molecule has 2 aromatic rings. The molecule has 0 N–H and O–H groups in total. The summed E-state index contributed by atoms with van der Waals surface area (Å²) in [7, 11) is 0. The van der Waals surface area contributed by atoms with Gasteiger partial charge in [-0.15, -0.1) is 0 Å². The van der Waals surface area contributed by atoms with E-state index in [-0.39, 0.29) is 30.6 Å². The molecule has 2 atom stereocenters. The predicted molar refractivity (Wildman–Crippen MR) is 127 cm³/mol. The molecular weight excluding hydrogens is 416 g/mol. The molecule has 0 saturated carbocycles. The number of hydrogen-bond acceptors (Lipinski definition) is 5. The van der Waals surface area contributed by atoms with Crippen LogP contribution in [0.4, 0.5) is 0 Å². The van der Waals surface area contributed by atoms with Crippen LogP contribution in [0.2, 0.25) is 0 Å². The molecule has 6 nitrogen and oxygen atoms in total. The van der Waals surface area contributed by atoms with E-state index in [2.05, 4.69) is 6.92 Å². The van der Waals surface area contributed by atoms with Crippen molar-refractivity contribution in [2.24, 2.45) is 0 Å². The van der Waals surface area contributed by atoms with Crippen molar-refractivity contribution in [1.29, 1.82) is 0 Å². The molecule has 1 fully saturated rings. The van der Waals surface area contributed by atoms with E-state index in [1.165, 1.54) is 4.90 Å². The fourth-order valence-corrected chi connectivity index (χ4v) is 4.43. The average Bonchev–Trinajstić information content (AvgIpc) is 3.03. The molecule has 33 heavy (non-hydrogen) atoms. The summed E-state index contributed by atoms with van der Waals surface area (Å²) in [5, 5.41) is 0. The van der Waals surface area contributed by atoms with Crippen LogP contribution in [-0.2, 0) is 20.9 Å². The van der Waals surface area contributed by atoms with Crippen LogP contribution >= 0.6 is 0 Å². The first kappa shape index (κ1) is 23.1. The minimum Gasteiger partial charge on any atom is -0.494 e. The highest BCUT2D eigenvalue weighted by Gasteiger charge is 2.43. The van der Waals surface area contributed by atoms with Crippen molar-refractivity contribution in [3.05, 3.63) is 70.9 Å². The molecule has 1 saturated heterocycles. The Kier molecular flexibility index (Phi) is 6.84. The molecule has 0 aromatic heterocycles. The zero-order valence-corrected chi connectivity index (χ0v) is 19.8. The van der Waals surface area contributed by atoms with Gasteiger partial charge in [0, 0.05) is 13.1 Å². The van der Waals surface area contributed by atoms with Gasteiger partial charge in [-0.25, -0.2) is 0 Å². The van der Waals surface area contributed by atoms with E-state index in [1.807, 2.05) is 74.2 Å². The fourth-order valence-electron chi connectivity index (χ4n) is 4.43. The normalized spacial score (nSPS) is 21.2. The van der Waals surface area contributed by atoms with Gasteiger partial charge in [0.1, 0.15) is 11.4 Å². The van der Waals surface area contributed by atoms with E-state index >= 15 is 0 Å². The summed E-state index contributed by atoms with van der Waals surface area (Å²) in [4.78, 5) is 30.6. The molecule has 2 unspecified atom stereocenters. The number of rotatable bonds is 7. The molecule has 2 aliphatic rings. The maximum Gasteiger partial charge on any atom is 0.278 e. The third-order valence-electron chi connectivity index (χ3n) is 5.96. The highest BCUT2D eigenvalue weighted by atomic mass is 16.5. The maximum atomic E-state index is 13.6. The SMILES string of the molecule is CCCOc1ccc(C2=C(N3CC(C)OC(C)C3)C(=O)N(Cc3ccc(C)cc3)C2=O)cc1. The molecule has 0 bridgehead atoms. The smallest absolute Gasteiger partial charge is 0.278 e. The lowest BCUT2D eigenvalue weighted by Crippen LogP contribution is -2.46. The number of amides is 2. The molecule has 0 aliphatic carbocycles. The van der Waals surface area contributed by atoms with Crippen LogP contribution in [0.15, 0.2) is 54.2 Å². The first-order valence-corrected chi connectivity index (χ1v) is 11.7. The highest BCUT2D eigenvalue weighted by molar-refractivity contribution is 6.35. The monoisotopic (exact) mass is 448 g/mol. The van der Waals surface area contributed by atoms with Crippen LogP contribution in [0.1, 0.15) is 43.9 Å². The van der Waals surface area contributed by atoms with Gasteiger partial charge in [0.2, 0.25) is 0 Å². The molecule has 2 aliphatic heterocycles. The van der Waals surface area contributed by atoms with Crippen molar-refractivity contribution in [2.75, 3.05) is 19.7 Å². The summed E-state index contributed by atoms with van der Waals surface area (Å²) in [6, 6.07) is 15.4. The van der Waals surface area contributed by atoms with Crippen LogP contribution in [0, 0.1) is 6.92 Å². The molecular formula is C27H32N2O4. The number of imide groups is 1. The van der Waals surface area contributed by atoms with Gasteiger partial charge in [-0.1, -0.05) is 48.9 Å². The molecule has 2 amide bonds. The van der Waals surface area contributed by atoms with Crippen LogP contribution < -0.4 is 4.74 Å². The van der Waals surface area contributed by atoms with Crippen molar-refractivity contribution in [1.82, 2.24) is 9.80 Å². The van der Waals surface area contributed by atoms with E-state index in [9.17, 15) is 9.59 Å². The molecule has 0 radical (unpaired) electrons. The third kappa shape index (κ3) is 4.96. The number of aryl methyl sites for hydroxylation is 1. The summed E-state index contributed by atoms with van der Waals surface area (Å²) < 4.78 is 11.6. The molecule has 0 spiro atoms. The Labute approximate surface area is 195 Å². The number of nitrogens with zero attached hydrogens (tertiary/aromatic N) is 2.